The quantitative estimate of drug-likeness (QED) is 0.144. The molecule has 2 aromatic rings. The first kappa shape index (κ1) is 21.9. The van der Waals surface area contributed by atoms with Gasteiger partial charge >= 0.3 is 0 Å². The monoisotopic (exact) mass is 428 g/mol. The number of ketones is 1. The zero-order chi connectivity index (χ0) is 22.5. The molecule has 31 heavy (non-hydrogen) atoms. The van der Waals surface area contributed by atoms with E-state index in [1.165, 1.54) is 53.4 Å². The van der Waals surface area contributed by atoms with Gasteiger partial charge in [-0.1, -0.05) is 12.1 Å². The van der Waals surface area contributed by atoms with Crippen molar-refractivity contribution >= 4 is 23.1 Å². The molecule has 0 unspecified atom stereocenters. The van der Waals surface area contributed by atoms with Crippen LogP contribution in [-0.4, -0.2) is 63.2 Å². The Bertz CT molecular complexity index is 1010. The number of phenols is 1. The summed E-state index contributed by atoms with van der Waals surface area (Å²) in [6.07, 6.45) is 0. The lowest BCUT2D eigenvalue weighted by Gasteiger charge is -2.25. The van der Waals surface area contributed by atoms with Crippen LogP contribution in [0.3, 0.4) is 0 Å². The molecule has 10 heteroatoms. The second kappa shape index (κ2) is 9.37. The van der Waals surface area contributed by atoms with Gasteiger partial charge in [-0.05, 0) is 29.8 Å². The molecule has 1 amide bonds. The highest BCUT2D eigenvalue weighted by Gasteiger charge is 2.45. The van der Waals surface area contributed by atoms with Crippen molar-refractivity contribution in [3.05, 3.63) is 75.3 Å². The Kier molecular flexibility index (Phi) is 6.63. The van der Waals surface area contributed by atoms with E-state index in [4.69, 9.17) is 9.84 Å². The van der Waals surface area contributed by atoms with Gasteiger partial charge in [0, 0.05) is 24.2 Å². The molecule has 3 rings (SSSR count). The van der Waals surface area contributed by atoms with Gasteiger partial charge in [-0.25, -0.2) is 0 Å². The SMILES string of the molecule is O=C1C(=O)N(CCOCCO)[C@@H](c2ccc(O)cc2)/C1=C(\O)c1ccc([N+](=O)[O-])cc1. The highest BCUT2D eigenvalue weighted by molar-refractivity contribution is 6.46. The van der Waals surface area contributed by atoms with E-state index in [1.54, 1.807) is 0 Å². The molecule has 0 aromatic heterocycles. The Morgan fingerprint density at radius 3 is 2.29 bits per heavy atom. The number of aliphatic hydroxyl groups is 2. The Morgan fingerprint density at radius 2 is 1.71 bits per heavy atom. The number of nitro groups is 1. The number of ether oxygens (including phenoxy) is 1. The molecule has 10 nitrogen and oxygen atoms in total. The van der Waals surface area contributed by atoms with Crippen molar-refractivity contribution in [1.82, 2.24) is 4.90 Å². The summed E-state index contributed by atoms with van der Waals surface area (Å²) in [5, 5.41) is 40.1. The number of nitrogens with zero attached hydrogens (tertiary/aromatic N) is 2. The zero-order valence-electron chi connectivity index (χ0n) is 16.3. The Labute approximate surface area is 176 Å². The van der Waals surface area contributed by atoms with Gasteiger partial charge in [0.15, 0.2) is 0 Å². The standard InChI is InChI=1S/C21H20N2O8/c24-10-12-31-11-9-22-18(13-3-7-16(25)8-4-13)17(20(27)21(22)28)19(26)14-1-5-15(6-2-14)23(29)30/h1-8,18,24-26H,9-12H2/b19-17+/t18-/m0/s1. The summed E-state index contributed by atoms with van der Waals surface area (Å²) in [5.74, 6) is -2.22. The normalized spacial score (nSPS) is 17.8. The number of phenolic OH excluding ortho intramolecular Hbond substituents is 1. The van der Waals surface area contributed by atoms with Crippen LogP contribution in [0.25, 0.3) is 5.76 Å². The third-order valence-electron chi connectivity index (χ3n) is 4.81. The van der Waals surface area contributed by atoms with Crippen molar-refractivity contribution in [2.24, 2.45) is 0 Å². The Hall–Kier alpha value is -3.76. The predicted octanol–water partition coefficient (Wildman–Crippen LogP) is 1.73. The van der Waals surface area contributed by atoms with Gasteiger partial charge < -0.3 is 25.0 Å². The summed E-state index contributed by atoms with van der Waals surface area (Å²) in [4.78, 5) is 37.0. The van der Waals surface area contributed by atoms with E-state index in [0.717, 1.165) is 0 Å². The molecule has 1 aliphatic rings. The van der Waals surface area contributed by atoms with E-state index >= 15 is 0 Å². The van der Waals surface area contributed by atoms with Gasteiger partial charge in [-0.15, -0.1) is 0 Å². The average molecular weight is 428 g/mol. The largest absolute Gasteiger partial charge is 0.508 e. The summed E-state index contributed by atoms with van der Waals surface area (Å²) in [7, 11) is 0. The number of Topliss-reactive ketones (excluding diaryl/α,β-unsaturated/α-hetero) is 1. The number of rotatable bonds is 8. The van der Waals surface area contributed by atoms with E-state index in [2.05, 4.69) is 0 Å². The van der Waals surface area contributed by atoms with E-state index < -0.39 is 28.4 Å². The molecule has 2 aromatic carbocycles. The number of non-ortho nitro benzene ring substituents is 1. The van der Waals surface area contributed by atoms with Crippen LogP contribution >= 0.6 is 0 Å². The molecule has 0 spiro atoms. The number of aromatic hydroxyl groups is 1. The lowest BCUT2D eigenvalue weighted by atomic mass is 9.95. The fraction of sp³-hybridized carbons (Fsp3) is 0.238. The first-order valence-corrected chi connectivity index (χ1v) is 9.36. The maximum Gasteiger partial charge on any atom is 0.295 e. The van der Waals surface area contributed by atoms with Crippen LogP contribution in [0.1, 0.15) is 17.2 Å². The van der Waals surface area contributed by atoms with Crippen molar-refractivity contribution in [3.63, 3.8) is 0 Å². The lowest BCUT2D eigenvalue weighted by Crippen LogP contribution is -2.33. The van der Waals surface area contributed by atoms with Gasteiger partial charge in [-0.2, -0.15) is 0 Å². The van der Waals surface area contributed by atoms with Crippen LogP contribution < -0.4 is 0 Å². The predicted molar refractivity (Wildman–Crippen MR) is 108 cm³/mol. The third kappa shape index (κ3) is 4.55. The highest BCUT2D eigenvalue weighted by Crippen LogP contribution is 2.39. The van der Waals surface area contributed by atoms with Gasteiger partial charge in [0.2, 0.25) is 0 Å². The topological polar surface area (TPSA) is 150 Å². The van der Waals surface area contributed by atoms with Crippen LogP contribution in [0.5, 0.6) is 5.75 Å². The van der Waals surface area contributed by atoms with Crippen molar-refractivity contribution < 1.29 is 34.6 Å². The number of amides is 1. The maximum atomic E-state index is 12.8. The number of hydrogen-bond donors (Lipinski definition) is 3. The Balaban J connectivity index is 2.05. The molecule has 0 saturated carbocycles. The summed E-state index contributed by atoms with van der Waals surface area (Å²) in [6.45, 7) is -0.0517. The lowest BCUT2D eigenvalue weighted by molar-refractivity contribution is -0.384. The molecular formula is C21H20N2O8. The van der Waals surface area contributed by atoms with E-state index in [-0.39, 0.29) is 48.9 Å². The second-order valence-electron chi connectivity index (χ2n) is 6.72. The van der Waals surface area contributed by atoms with Crippen molar-refractivity contribution in [2.75, 3.05) is 26.4 Å². The number of nitro benzene ring substituents is 1. The molecule has 1 saturated heterocycles. The van der Waals surface area contributed by atoms with Gasteiger partial charge in [-0.3, -0.25) is 19.7 Å². The molecule has 1 aliphatic heterocycles. The minimum absolute atomic E-state index is 0.0117. The molecule has 1 fully saturated rings. The first-order valence-electron chi connectivity index (χ1n) is 9.36. The fourth-order valence-electron chi connectivity index (χ4n) is 3.34. The fourth-order valence-corrected chi connectivity index (χ4v) is 3.34. The first-order chi connectivity index (χ1) is 14.8. The van der Waals surface area contributed by atoms with Gasteiger partial charge in [0.05, 0.1) is 36.4 Å². The van der Waals surface area contributed by atoms with Gasteiger partial charge in [0.25, 0.3) is 17.4 Å². The Morgan fingerprint density at radius 1 is 1.06 bits per heavy atom. The van der Waals surface area contributed by atoms with Crippen LogP contribution in [0.2, 0.25) is 0 Å². The van der Waals surface area contributed by atoms with E-state index in [1.807, 2.05) is 0 Å². The molecule has 162 valence electrons. The minimum Gasteiger partial charge on any atom is -0.508 e. The highest BCUT2D eigenvalue weighted by atomic mass is 16.6. The second-order valence-corrected chi connectivity index (χ2v) is 6.72. The van der Waals surface area contributed by atoms with E-state index in [0.29, 0.717) is 5.56 Å². The van der Waals surface area contributed by atoms with Crippen LogP contribution in [-0.2, 0) is 14.3 Å². The number of carbonyl (C=O) groups is 2. The van der Waals surface area contributed by atoms with Crippen LogP contribution in [0.15, 0.2) is 54.1 Å². The summed E-state index contributed by atoms with van der Waals surface area (Å²) < 4.78 is 5.21. The third-order valence-corrected chi connectivity index (χ3v) is 4.81. The molecule has 0 bridgehead atoms. The summed E-state index contributed by atoms with van der Waals surface area (Å²) in [6, 6.07) is 9.83. The number of benzene rings is 2. The van der Waals surface area contributed by atoms with Crippen molar-refractivity contribution in [2.45, 2.75) is 6.04 Å². The smallest absolute Gasteiger partial charge is 0.295 e. The van der Waals surface area contributed by atoms with Crippen molar-refractivity contribution in [3.8, 4) is 5.75 Å². The molecule has 3 N–H and O–H groups in total. The average Bonchev–Trinajstić information content (AvgIpc) is 3.01. The zero-order valence-corrected chi connectivity index (χ0v) is 16.3. The molecule has 0 aliphatic carbocycles. The molecule has 1 atom stereocenters. The number of hydrogen-bond acceptors (Lipinski definition) is 8. The summed E-state index contributed by atoms with van der Waals surface area (Å²) in [5.41, 5.74) is 0.256. The number of aliphatic hydroxyl groups excluding tert-OH is 2. The van der Waals surface area contributed by atoms with E-state index in [9.17, 15) is 29.9 Å². The molecular weight excluding hydrogens is 408 g/mol. The number of carbonyl (C=O) groups excluding carboxylic acids is 2. The minimum atomic E-state index is -0.950. The summed E-state index contributed by atoms with van der Waals surface area (Å²) >= 11 is 0. The van der Waals surface area contributed by atoms with Crippen molar-refractivity contribution in [1.29, 1.82) is 0 Å². The molecule has 0 radical (unpaired) electrons. The van der Waals surface area contributed by atoms with Crippen LogP contribution in [0.4, 0.5) is 5.69 Å². The van der Waals surface area contributed by atoms with Crippen LogP contribution in [0, 0.1) is 10.1 Å². The number of likely N-dealkylation sites (tertiary alicyclic amines) is 1. The maximum absolute atomic E-state index is 12.8. The molecule has 1 heterocycles. The van der Waals surface area contributed by atoms with Gasteiger partial charge in [0.1, 0.15) is 11.5 Å².